The molecule has 0 bridgehead atoms. The molecule has 0 aliphatic rings. The van der Waals surface area contributed by atoms with Crippen LogP contribution in [0.3, 0.4) is 0 Å². The van der Waals surface area contributed by atoms with Gasteiger partial charge in [0.2, 0.25) is 0 Å². The standard InChI is InChI=1S/C14H15FINS/c1-2-3-12(17)14-7-6-13(18-14)10-5-4-9(15)8-11(10)16/h4-8,12H,2-3,17H2,1H3. The highest BCUT2D eigenvalue weighted by Crippen LogP contribution is 2.34. The third kappa shape index (κ3) is 3.10. The van der Waals surface area contributed by atoms with E-state index in [1.54, 1.807) is 17.4 Å². The van der Waals surface area contributed by atoms with Crippen LogP contribution in [0.1, 0.15) is 30.7 Å². The van der Waals surface area contributed by atoms with E-state index in [2.05, 4.69) is 41.6 Å². The topological polar surface area (TPSA) is 26.0 Å². The van der Waals surface area contributed by atoms with E-state index >= 15 is 0 Å². The quantitative estimate of drug-likeness (QED) is 0.752. The summed E-state index contributed by atoms with van der Waals surface area (Å²) >= 11 is 3.87. The maximum atomic E-state index is 13.1. The van der Waals surface area contributed by atoms with Gasteiger partial charge in [0, 0.05) is 24.9 Å². The van der Waals surface area contributed by atoms with Crippen LogP contribution in [-0.2, 0) is 0 Å². The molecular weight excluding hydrogens is 360 g/mol. The second-order valence-corrected chi connectivity index (χ2v) is 6.50. The van der Waals surface area contributed by atoms with Gasteiger partial charge in [-0.3, -0.25) is 0 Å². The van der Waals surface area contributed by atoms with Gasteiger partial charge in [0.1, 0.15) is 5.82 Å². The van der Waals surface area contributed by atoms with E-state index in [-0.39, 0.29) is 11.9 Å². The molecule has 1 atom stereocenters. The van der Waals surface area contributed by atoms with Gasteiger partial charge in [0.05, 0.1) is 0 Å². The first-order chi connectivity index (χ1) is 8.61. The minimum absolute atomic E-state index is 0.117. The number of hydrogen-bond donors (Lipinski definition) is 1. The third-order valence-electron chi connectivity index (χ3n) is 2.79. The second kappa shape index (κ2) is 6.12. The minimum atomic E-state index is -0.192. The summed E-state index contributed by atoms with van der Waals surface area (Å²) < 4.78 is 14.0. The van der Waals surface area contributed by atoms with Gasteiger partial charge in [-0.15, -0.1) is 11.3 Å². The van der Waals surface area contributed by atoms with Crippen molar-refractivity contribution in [1.29, 1.82) is 0 Å². The predicted molar refractivity (Wildman–Crippen MR) is 84.3 cm³/mol. The van der Waals surface area contributed by atoms with E-state index in [0.29, 0.717) is 0 Å². The maximum absolute atomic E-state index is 13.1. The zero-order valence-electron chi connectivity index (χ0n) is 10.1. The first-order valence-electron chi connectivity index (χ1n) is 5.92. The lowest BCUT2D eigenvalue weighted by atomic mass is 10.1. The molecule has 96 valence electrons. The average molecular weight is 375 g/mol. The van der Waals surface area contributed by atoms with E-state index in [9.17, 15) is 4.39 Å². The number of hydrogen-bond acceptors (Lipinski definition) is 2. The molecule has 0 spiro atoms. The Morgan fingerprint density at radius 2 is 2.11 bits per heavy atom. The van der Waals surface area contributed by atoms with Crippen molar-refractivity contribution in [3.8, 4) is 10.4 Å². The summed E-state index contributed by atoms with van der Waals surface area (Å²) in [5, 5.41) is 0. The van der Waals surface area contributed by atoms with Gasteiger partial charge < -0.3 is 5.73 Å². The number of rotatable bonds is 4. The average Bonchev–Trinajstić information content (AvgIpc) is 2.78. The Balaban J connectivity index is 2.29. The van der Waals surface area contributed by atoms with E-state index < -0.39 is 0 Å². The fourth-order valence-electron chi connectivity index (χ4n) is 1.84. The smallest absolute Gasteiger partial charge is 0.124 e. The van der Waals surface area contributed by atoms with Crippen LogP contribution in [0.4, 0.5) is 4.39 Å². The Bertz CT molecular complexity index is 538. The van der Waals surface area contributed by atoms with E-state index in [1.165, 1.54) is 10.9 Å². The molecule has 0 aliphatic heterocycles. The number of nitrogens with two attached hydrogens (primary N) is 1. The molecule has 0 aliphatic carbocycles. The highest BCUT2D eigenvalue weighted by Gasteiger charge is 2.11. The Kier molecular flexibility index (Phi) is 4.75. The molecule has 18 heavy (non-hydrogen) atoms. The Morgan fingerprint density at radius 1 is 1.33 bits per heavy atom. The summed E-state index contributed by atoms with van der Waals surface area (Å²) in [5.41, 5.74) is 7.19. The van der Waals surface area contributed by atoms with Gasteiger partial charge in [0.15, 0.2) is 0 Å². The Hall–Kier alpha value is -0.460. The molecule has 0 fully saturated rings. The van der Waals surface area contributed by atoms with Crippen LogP contribution in [0.5, 0.6) is 0 Å². The maximum Gasteiger partial charge on any atom is 0.124 e. The highest BCUT2D eigenvalue weighted by molar-refractivity contribution is 14.1. The summed E-state index contributed by atoms with van der Waals surface area (Å²) in [6.45, 7) is 2.14. The first-order valence-corrected chi connectivity index (χ1v) is 7.82. The normalized spacial score (nSPS) is 12.7. The third-order valence-corrected chi connectivity index (χ3v) is 4.93. The lowest BCUT2D eigenvalue weighted by molar-refractivity contribution is 0.627. The van der Waals surface area contributed by atoms with Crippen molar-refractivity contribution < 1.29 is 4.39 Å². The fourth-order valence-corrected chi connectivity index (χ4v) is 3.87. The van der Waals surface area contributed by atoms with Gasteiger partial charge in [-0.2, -0.15) is 0 Å². The van der Waals surface area contributed by atoms with Crippen LogP contribution >= 0.6 is 33.9 Å². The molecule has 2 N–H and O–H groups in total. The molecule has 2 aromatic rings. The SMILES string of the molecule is CCCC(N)c1ccc(-c2ccc(F)cc2I)s1. The molecule has 1 unspecified atom stereocenters. The molecule has 0 radical (unpaired) electrons. The lowest BCUT2D eigenvalue weighted by Gasteiger charge is -2.06. The second-order valence-electron chi connectivity index (χ2n) is 4.22. The Morgan fingerprint density at radius 3 is 2.78 bits per heavy atom. The summed E-state index contributed by atoms with van der Waals surface area (Å²) in [5.74, 6) is -0.192. The van der Waals surface area contributed by atoms with Gasteiger partial charge >= 0.3 is 0 Å². The van der Waals surface area contributed by atoms with Crippen molar-refractivity contribution in [2.75, 3.05) is 0 Å². The van der Waals surface area contributed by atoms with Crippen LogP contribution in [-0.4, -0.2) is 0 Å². The summed E-state index contributed by atoms with van der Waals surface area (Å²) in [7, 11) is 0. The molecular formula is C14H15FINS. The summed E-state index contributed by atoms with van der Waals surface area (Å²) in [6.07, 6.45) is 2.09. The fraction of sp³-hybridized carbons (Fsp3) is 0.286. The zero-order chi connectivity index (χ0) is 13.1. The number of thiophene rings is 1. The van der Waals surface area contributed by atoms with Crippen LogP contribution in [0, 0.1) is 9.39 Å². The summed E-state index contributed by atoms with van der Waals surface area (Å²) in [6, 6.07) is 9.17. The summed E-state index contributed by atoms with van der Waals surface area (Å²) in [4.78, 5) is 2.35. The monoisotopic (exact) mass is 375 g/mol. The largest absolute Gasteiger partial charge is 0.323 e. The predicted octanol–water partition coefficient (Wildman–Crippen LogP) is 4.96. The molecule has 4 heteroatoms. The molecule has 1 aromatic carbocycles. The van der Waals surface area contributed by atoms with E-state index in [1.807, 2.05) is 6.07 Å². The van der Waals surface area contributed by atoms with E-state index in [0.717, 1.165) is 26.9 Å². The number of halogens is 2. The molecule has 0 saturated heterocycles. The van der Waals surface area contributed by atoms with Crippen molar-refractivity contribution in [2.24, 2.45) is 5.73 Å². The van der Waals surface area contributed by atoms with Crippen molar-refractivity contribution in [3.05, 3.63) is 44.6 Å². The molecule has 1 aromatic heterocycles. The van der Waals surface area contributed by atoms with Crippen LogP contribution < -0.4 is 5.73 Å². The van der Waals surface area contributed by atoms with Gasteiger partial charge in [-0.25, -0.2) is 4.39 Å². The molecule has 0 amide bonds. The van der Waals surface area contributed by atoms with Crippen LogP contribution in [0.25, 0.3) is 10.4 Å². The van der Waals surface area contributed by atoms with Crippen LogP contribution in [0.2, 0.25) is 0 Å². The van der Waals surface area contributed by atoms with Gasteiger partial charge in [-0.1, -0.05) is 13.3 Å². The molecule has 2 rings (SSSR count). The number of benzene rings is 1. The molecule has 1 nitrogen and oxygen atoms in total. The van der Waals surface area contributed by atoms with Crippen LogP contribution in [0.15, 0.2) is 30.3 Å². The lowest BCUT2D eigenvalue weighted by Crippen LogP contribution is -2.07. The van der Waals surface area contributed by atoms with Crippen molar-refractivity contribution in [2.45, 2.75) is 25.8 Å². The first kappa shape index (κ1) is 14.0. The highest BCUT2D eigenvalue weighted by atomic mass is 127. The van der Waals surface area contributed by atoms with Crippen molar-refractivity contribution in [3.63, 3.8) is 0 Å². The van der Waals surface area contributed by atoms with Gasteiger partial charge in [0.25, 0.3) is 0 Å². The Labute approximate surface area is 124 Å². The zero-order valence-corrected chi connectivity index (χ0v) is 13.1. The molecule has 1 heterocycles. The van der Waals surface area contributed by atoms with E-state index in [4.69, 9.17) is 5.73 Å². The van der Waals surface area contributed by atoms with Gasteiger partial charge in [-0.05, 0) is 59.3 Å². The minimum Gasteiger partial charge on any atom is -0.323 e. The molecule has 0 saturated carbocycles. The van der Waals surface area contributed by atoms with Crippen molar-refractivity contribution in [1.82, 2.24) is 0 Å². The van der Waals surface area contributed by atoms with Crippen molar-refractivity contribution >= 4 is 33.9 Å².